The monoisotopic (exact) mass is 410 g/mol. The van der Waals surface area contributed by atoms with Crippen LogP contribution in [-0.4, -0.2) is 20.1 Å². The molecule has 0 radical (unpaired) electrons. The average molecular weight is 411 g/mol. The average Bonchev–Trinajstić information content (AvgIpc) is 3.25. The van der Waals surface area contributed by atoms with Crippen molar-refractivity contribution in [2.75, 3.05) is 0 Å². The van der Waals surface area contributed by atoms with E-state index >= 15 is 0 Å². The fraction of sp³-hybridized carbons (Fsp3) is 0.118. The summed E-state index contributed by atoms with van der Waals surface area (Å²) in [6.07, 6.45) is -4.39. The number of nitrogens with one attached hydrogen (secondary N) is 1. The standard InChI is InChI=1S/C17H10ClF3N4OS/c18-11-4-1-9(2-5-11)15-24-14(26-25-15)8-27-16-22-12-6-3-10(17(19,20)21)7-13(12)23-16/h1-7H,8H2,(H,22,23). The number of hydrogen-bond donors (Lipinski definition) is 1. The Morgan fingerprint density at radius 3 is 2.59 bits per heavy atom. The molecule has 0 amide bonds. The van der Waals surface area contributed by atoms with Gasteiger partial charge in [-0.2, -0.15) is 18.2 Å². The van der Waals surface area contributed by atoms with E-state index in [2.05, 4.69) is 20.1 Å². The van der Waals surface area contributed by atoms with Gasteiger partial charge in [0.1, 0.15) is 0 Å². The van der Waals surface area contributed by atoms with Crippen LogP contribution in [0.4, 0.5) is 13.2 Å². The lowest BCUT2D eigenvalue weighted by atomic mass is 10.2. The van der Waals surface area contributed by atoms with Gasteiger partial charge in [0.05, 0.1) is 22.3 Å². The minimum absolute atomic E-state index is 0.319. The predicted octanol–water partition coefficient (Wildman–Crippen LogP) is 5.58. The lowest BCUT2D eigenvalue weighted by Gasteiger charge is -2.05. The highest BCUT2D eigenvalue weighted by Crippen LogP contribution is 2.32. The van der Waals surface area contributed by atoms with E-state index in [4.69, 9.17) is 16.1 Å². The molecule has 0 aliphatic rings. The Kier molecular flexibility index (Phi) is 4.56. The van der Waals surface area contributed by atoms with Gasteiger partial charge in [0.2, 0.25) is 11.7 Å². The second-order valence-corrected chi connectivity index (χ2v) is 6.98. The van der Waals surface area contributed by atoms with E-state index in [1.807, 2.05) is 0 Å². The number of thioether (sulfide) groups is 1. The van der Waals surface area contributed by atoms with Crippen LogP contribution in [0.2, 0.25) is 5.02 Å². The zero-order valence-electron chi connectivity index (χ0n) is 13.4. The third-order valence-corrected chi connectivity index (χ3v) is 4.80. The van der Waals surface area contributed by atoms with Gasteiger partial charge >= 0.3 is 6.18 Å². The molecular formula is C17H10ClF3N4OS. The topological polar surface area (TPSA) is 67.6 Å². The number of fused-ring (bicyclic) bond motifs is 1. The molecule has 5 nitrogen and oxygen atoms in total. The molecule has 4 aromatic rings. The largest absolute Gasteiger partial charge is 0.416 e. The molecule has 10 heteroatoms. The maximum atomic E-state index is 12.8. The Hall–Kier alpha value is -2.52. The number of benzene rings is 2. The quantitative estimate of drug-likeness (QED) is 0.445. The number of rotatable bonds is 4. The van der Waals surface area contributed by atoms with Crippen LogP contribution < -0.4 is 0 Å². The third-order valence-electron chi connectivity index (χ3n) is 3.69. The second kappa shape index (κ2) is 6.90. The number of alkyl halides is 3. The number of halogens is 4. The summed E-state index contributed by atoms with van der Waals surface area (Å²) in [7, 11) is 0. The Balaban J connectivity index is 1.48. The smallest absolute Gasteiger partial charge is 0.338 e. The summed E-state index contributed by atoms with van der Waals surface area (Å²) in [6.45, 7) is 0. The highest BCUT2D eigenvalue weighted by molar-refractivity contribution is 7.98. The van der Waals surface area contributed by atoms with Gasteiger partial charge in [-0.1, -0.05) is 28.5 Å². The molecular weight excluding hydrogens is 401 g/mol. The maximum absolute atomic E-state index is 12.8. The molecule has 27 heavy (non-hydrogen) atoms. The summed E-state index contributed by atoms with van der Waals surface area (Å²) in [5, 5.41) is 4.99. The fourth-order valence-electron chi connectivity index (χ4n) is 2.39. The van der Waals surface area contributed by atoms with Crippen LogP contribution in [0.3, 0.4) is 0 Å². The van der Waals surface area contributed by atoms with E-state index in [1.165, 1.54) is 17.8 Å². The number of H-pyrrole nitrogens is 1. The highest BCUT2D eigenvalue weighted by Gasteiger charge is 2.30. The van der Waals surface area contributed by atoms with Gasteiger partial charge in [-0.05, 0) is 42.5 Å². The molecule has 0 unspecified atom stereocenters. The van der Waals surface area contributed by atoms with Crippen molar-refractivity contribution >= 4 is 34.4 Å². The first-order chi connectivity index (χ1) is 12.9. The van der Waals surface area contributed by atoms with E-state index in [1.54, 1.807) is 24.3 Å². The molecule has 1 N–H and O–H groups in total. The number of hydrogen-bond acceptors (Lipinski definition) is 5. The van der Waals surface area contributed by atoms with Gasteiger partial charge in [0.25, 0.3) is 0 Å². The van der Waals surface area contributed by atoms with Gasteiger partial charge in [0, 0.05) is 10.6 Å². The van der Waals surface area contributed by atoms with Crippen molar-refractivity contribution in [3.05, 3.63) is 58.9 Å². The number of aromatic amines is 1. The summed E-state index contributed by atoms with van der Waals surface area (Å²) in [6, 6.07) is 10.4. The Labute approximate surface area is 159 Å². The van der Waals surface area contributed by atoms with Crippen molar-refractivity contribution in [2.24, 2.45) is 0 Å². The van der Waals surface area contributed by atoms with E-state index in [9.17, 15) is 13.2 Å². The minimum Gasteiger partial charge on any atom is -0.338 e. The van der Waals surface area contributed by atoms with Gasteiger partial charge in [-0.3, -0.25) is 0 Å². The zero-order chi connectivity index (χ0) is 19.0. The molecule has 0 fully saturated rings. The maximum Gasteiger partial charge on any atom is 0.416 e. The summed E-state index contributed by atoms with van der Waals surface area (Å²) < 4.78 is 43.5. The first kappa shape index (κ1) is 17.9. The zero-order valence-corrected chi connectivity index (χ0v) is 15.0. The van der Waals surface area contributed by atoms with Crippen molar-refractivity contribution < 1.29 is 17.7 Å². The molecule has 2 heterocycles. The van der Waals surface area contributed by atoms with Crippen LogP contribution in [0, 0.1) is 0 Å². The SMILES string of the molecule is FC(F)(F)c1ccc2nc(SCc3nc(-c4ccc(Cl)cc4)no3)[nH]c2c1. The molecule has 138 valence electrons. The molecule has 0 aliphatic carbocycles. The van der Waals surface area contributed by atoms with Crippen molar-refractivity contribution in [2.45, 2.75) is 17.1 Å². The van der Waals surface area contributed by atoms with Gasteiger partial charge in [-0.25, -0.2) is 4.98 Å². The molecule has 2 aromatic carbocycles. The first-order valence-electron chi connectivity index (χ1n) is 7.67. The molecule has 0 atom stereocenters. The Morgan fingerprint density at radius 1 is 1.07 bits per heavy atom. The van der Waals surface area contributed by atoms with Crippen molar-refractivity contribution in [3.8, 4) is 11.4 Å². The van der Waals surface area contributed by atoms with Crippen LogP contribution in [0.1, 0.15) is 11.5 Å². The lowest BCUT2D eigenvalue weighted by Crippen LogP contribution is -2.04. The summed E-state index contributed by atoms with van der Waals surface area (Å²) >= 11 is 7.11. The fourth-order valence-corrected chi connectivity index (χ4v) is 3.24. The van der Waals surface area contributed by atoms with E-state index in [-0.39, 0.29) is 0 Å². The summed E-state index contributed by atoms with van der Waals surface area (Å²) in [5.74, 6) is 1.13. The van der Waals surface area contributed by atoms with Crippen LogP contribution in [0.5, 0.6) is 0 Å². The molecule has 4 rings (SSSR count). The van der Waals surface area contributed by atoms with Crippen LogP contribution in [0.25, 0.3) is 22.4 Å². The normalized spacial score (nSPS) is 12.0. The Bertz CT molecular complexity index is 1090. The first-order valence-corrected chi connectivity index (χ1v) is 9.03. The van der Waals surface area contributed by atoms with Crippen molar-refractivity contribution in [1.82, 2.24) is 20.1 Å². The van der Waals surface area contributed by atoms with Gasteiger partial charge in [-0.15, -0.1) is 0 Å². The van der Waals surface area contributed by atoms with E-state index < -0.39 is 11.7 Å². The van der Waals surface area contributed by atoms with Gasteiger partial charge < -0.3 is 9.51 Å². The van der Waals surface area contributed by atoms with Crippen LogP contribution in [-0.2, 0) is 11.9 Å². The third kappa shape index (κ3) is 3.93. The lowest BCUT2D eigenvalue weighted by molar-refractivity contribution is -0.137. The van der Waals surface area contributed by atoms with E-state index in [0.717, 1.165) is 17.7 Å². The van der Waals surface area contributed by atoms with Crippen LogP contribution >= 0.6 is 23.4 Å². The van der Waals surface area contributed by atoms with Gasteiger partial charge in [0.15, 0.2) is 5.16 Å². The Morgan fingerprint density at radius 2 is 1.85 bits per heavy atom. The molecule has 0 saturated carbocycles. The molecule has 0 spiro atoms. The highest BCUT2D eigenvalue weighted by atomic mass is 35.5. The minimum atomic E-state index is -4.39. The van der Waals surface area contributed by atoms with Crippen LogP contribution in [0.15, 0.2) is 52.1 Å². The predicted molar refractivity (Wildman–Crippen MR) is 95.4 cm³/mol. The molecule has 0 bridgehead atoms. The molecule has 0 aliphatic heterocycles. The summed E-state index contributed by atoms with van der Waals surface area (Å²) in [5.41, 5.74) is 0.820. The van der Waals surface area contributed by atoms with Crippen molar-refractivity contribution in [3.63, 3.8) is 0 Å². The second-order valence-electron chi connectivity index (χ2n) is 5.58. The van der Waals surface area contributed by atoms with E-state index in [0.29, 0.717) is 38.7 Å². The molecule has 2 aromatic heterocycles. The van der Waals surface area contributed by atoms with Crippen molar-refractivity contribution in [1.29, 1.82) is 0 Å². The number of imidazole rings is 1. The summed E-state index contributed by atoms with van der Waals surface area (Å²) in [4.78, 5) is 11.4. The number of aromatic nitrogens is 4. The molecule has 0 saturated heterocycles. The number of nitrogens with zero attached hydrogens (tertiary/aromatic N) is 3.